The van der Waals surface area contributed by atoms with E-state index < -0.39 is 0 Å². The average molecular weight is 361 g/mol. The number of imidazole rings is 1. The summed E-state index contributed by atoms with van der Waals surface area (Å²) in [5, 5.41) is 3.56. The van der Waals surface area contributed by atoms with E-state index in [0.717, 1.165) is 23.9 Å². The van der Waals surface area contributed by atoms with E-state index in [-0.39, 0.29) is 23.7 Å². The maximum absolute atomic E-state index is 12.6. The molecule has 2 fully saturated rings. The van der Waals surface area contributed by atoms with Crippen LogP contribution >= 0.6 is 11.6 Å². The molecule has 132 valence electrons. The highest BCUT2D eigenvalue weighted by atomic mass is 35.5. The molecule has 0 atom stereocenters. The van der Waals surface area contributed by atoms with Gasteiger partial charge in [-0.2, -0.15) is 0 Å². The number of halogens is 1. The van der Waals surface area contributed by atoms with Crippen LogP contribution in [0.25, 0.3) is 11.0 Å². The quantitative estimate of drug-likeness (QED) is 0.915. The molecule has 2 aromatic rings. The number of aromatic nitrogens is 2. The van der Waals surface area contributed by atoms with Crippen LogP contribution in [0.4, 0.5) is 5.95 Å². The number of nitrogens with zero attached hydrogens (tertiary/aromatic N) is 3. The summed E-state index contributed by atoms with van der Waals surface area (Å²) in [7, 11) is 1.87. The van der Waals surface area contributed by atoms with E-state index in [1.807, 2.05) is 28.6 Å². The summed E-state index contributed by atoms with van der Waals surface area (Å²) < 4.78 is 1.86. The molecule has 6 nitrogen and oxygen atoms in total. The maximum Gasteiger partial charge on any atom is 0.229 e. The average Bonchev–Trinajstić information content (AvgIpc) is 3.41. The van der Waals surface area contributed by atoms with Crippen molar-refractivity contribution in [2.45, 2.75) is 25.7 Å². The summed E-state index contributed by atoms with van der Waals surface area (Å²) in [4.78, 5) is 31.1. The molecular weight excluding hydrogens is 340 g/mol. The Hall–Kier alpha value is -2.08. The van der Waals surface area contributed by atoms with E-state index in [1.54, 1.807) is 6.07 Å². The number of benzene rings is 1. The van der Waals surface area contributed by atoms with Crippen LogP contribution in [0.5, 0.6) is 0 Å². The summed E-state index contributed by atoms with van der Waals surface area (Å²) in [6.07, 6.45) is 3.46. The number of likely N-dealkylation sites (tertiary alicyclic amines) is 1. The summed E-state index contributed by atoms with van der Waals surface area (Å²) in [5.74, 6) is 0.941. The lowest BCUT2D eigenvalue weighted by Gasteiger charge is -2.31. The lowest BCUT2D eigenvalue weighted by Crippen LogP contribution is -2.42. The number of amides is 2. The highest BCUT2D eigenvalue weighted by Crippen LogP contribution is 2.32. The Balaban J connectivity index is 1.41. The Bertz CT molecular complexity index is 835. The van der Waals surface area contributed by atoms with Crippen LogP contribution in [0.15, 0.2) is 18.2 Å². The van der Waals surface area contributed by atoms with Crippen molar-refractivity contribution in [2.24, 2.45) is 18.9 Å². The first kappa shape index (κ1) is 16.4. The first-order valence-corrected chi connectivity index (χ1v) is 9.12. The molecule has 1 N–H and O–H groups in total. The Morgan fingerprint density at radius 2 is 1.88 bits per heavy atom. The van der Waals surface area contributed by atoms with Crippen LogP contribution in [0.2, 0.25) is 5.02 Å². The van der Waals surface area contributed by atoms with Gasteiger partial charge in [-0.05, 0) is 43.9 Å². The minimum Gasteiger partial charge on any atom is -0.342 e. The third-order valence-corrected chi connectivity index (χ3v) is 5.42. The molecule has 1 aliphatic heterocycles. The zero-order valence-corrected chi connectivity index (χ0v) is 14.9. The molecule has 7 heteroatoms. The number of carbonyl (C=O) groups excluding carboxylic acids is 2. The van der Waals surface area contributed by atoms with Gasteiger partial charge >= 0.3 is 0 Å². The van der Waals surface area contributed by atoms with Gasteiger partial charge in [-0.25, -0.2) is 4.98 Å². The van der Waals surface area contributed by atoms with Crippen LogP contribution < -0.4 is 5.32 Å². The molecule has 0 bridgehead atoms. The topological polar surface area (TPSA) is 67.2 Å². The second kappa shape index (κ2) is 6.33. The van der Waals surface area contributed by atoms with E-state index in [1.165, 1.54) is 0 Å². The van der Waals surface area contributed by atoms with E-state index in [0.29, 0.717) is 36.9 Å². The molecule has 1 aromatic carbocycles. The molecule has 0 spiro atoms. The number of nitrogens with one attached hydrogen (secondary N) is 1. The van der Waals surface area contributed by atoms with Crippen molar-refractivity contribution < 1.29 is 9.59 Å². The van der Waals surface area contributed by atoms with Crippen molar-refractivity contribution >= 4 is 40.4 Å². The van der Waals surface area contributed by atoms with Crippen LogP contribution in [0.1, 0.15) is 25.7 Å². The Labute approximate surface area is 151 Å². The summed E-state index contributed by atoms with van der Waals surface area (Å²) in [6.45, 7) is 1.34. The summed E-state index contributed by atoms with van der Waals surface area (Å²) in [6, 6.07) is 5.49. The third kappa shape index (κ3) is 3.23. The molecule has 1 saturated heterocycles. The van der Waals surface area contributed by atoms with Crippen molar-refractivity contribution in [1.82, 2.24) is 14.5 Å². The van der Waals surface area contributed by atoms with Gasteiger partial charge in [0.1, 0.15) is 0 Å². The van der Waals surface area contributed by atoms with Gasteiger partial charge < -0.3 is 9.47 Å². The van der Waals surface area contributed by atoms with E-state index in [9.17, 15) is 9.59 Å². The largest absolute Gasteiger partial charge is 0.342 e. The molecule has 4 rings (SSSR count). The van der Waals surface area contributed by atoms with Crippen molar-refractivity contribution in [3.63, 3.8) is 0 Å². The van der Waals surface area contributed by atoms with Gasteiger partial charge in [0.25, 0.3) is 0 Å². The molecule has 1 aliphatic carbocycles. The van der Waals surface area contributed by atoms with Crippen molar-refractivity contribution in [3.8, 4) is 0 Å². The summed E-state index contributed by atoms with van der Waals surface area (Å²) in [5.41, 5.74) is 1.68. The molecule has 1 aromatic heterocycles. The first-order valence-electron chi connectivity index (χ1n) is 8.74. The monoisotopic (exact) mass is 360 g/mol. The highest BCUT2D eigenvalue weighted by molar-refractivity contribution is 6.31. The molecule has 2 aliphatic rings. The number of piperidine rings is 1. The molecule has 0 unspecified atom stereocenters. The van der Waals surface area contributed by atoms with Gasteiger partial charge in [-0.3, -0.25) is 14.9 Å². The van der Waals surface area contributed by atoms with Gasteiger partial charge in [0.05, 0.1) is 11.0 Å². The Kier molecular flexibility index (Phi) is 4.15. The van der Waals surface area contributed by atoms with Gasteiger partial charge in [-0.1, -0.05) is 11.6 Å². The molecular formula is C18H21ClN4O2. The highest BCUT2D eigenvalue weighted by Gasteiger charge is 2.36. The second-order valence-corrected chi connectivity index (χ2v) is 7.43. The molecule has 1 saturated carbocycles. The van der Waals surface area contributed by atoms with Gasteiger partial charge in [-0.15, -0.1) is 0 Å². The van der Waals surface area contributed by atoms with E-state index >= 15 is 0 Å². The molecule has 2 heterocycles. The number of carbonyl (C=O) groups is 2. The zero-order chi connectivity index (χ0) is 17.6. The predicted octanol–water partition coefficient (Wildman–Crippen LogP) is 2.81. The van der Waals surface area contributed by atoms with E-state index in [2.05, 4.69) is 10.3 Å². The SMILES string of the molecule is Cn1c(NC(=O)C2CCN(C(=O)C3CC3)CC2)nc2cc(Cl)ccc21. The second-order valence-electron chi connectivity index (χ2n) is 6.99. The van der Waals surface area contributed by atoms with Crippen LogP contribution in [0.3, 0.4) is 0 Å². The standard InChI is InChI=1S/C18H21ClN4O2/c1-22-15-5-4-13(19)10-14(15)20-18(22)21-16(24)11-6-8-23(9-7-11)17(25)12-2-3-12/h4-5,10-12H,2-3,6-9H2,1H3,(H,20,21,24). The molecule has 25 heavy (non-hydrogen) atoms. The minimum absolute atomic E-state index is 0.0250. The Morgan fingerprint density at radius 3 is 2.56 bits per heavy atom. The smallest absolute Gasteiger partial charge is 0.229 e. The Morgan fingerprint density at radius 1 is 1.16 bits per heavy atom. The van der Waals surface area contributed by atoms with Crippen LogP contribution in [-0.4, -0.2) is 39.4 Å². The first-order chi connectivity index (χ1) is 12.0. The fourth-order valence-electron chi connectivity index (χ4n) is 3.45. The fourth-order valence-corrected chi connectivity index (χ4v) is 3.61. The number of aryl methyl sites for hydroxylation is 1. The number of hydrogen-bond acceptors (Lipinski definition) is 3. The zero-order valence-electron chi connectivity index (χ0n) is 14.2. The number of fused-ring (bicyclic) bond motifs is 1. The normalized spacial score (nSPS) is 18.6. The lowest BCUT2D eigenvalue weighted by atomic mass is 9.95. The number of hydrogen-bond donors (Lipinski definition) is 1. The third-order valence-electron chi connectivity index (χ3n) is 5.18. The number of anilines is 1. The molecule has 0 radical (unpaired) electrons. The van der Waals surface area contributed by atoms with Gasteiger partial charge in [0, 0.05) is 37.0 Å². The van der Waals surface area contributed by atoms with Gasteiger partial charge in [0.15, 0.2) is 0 Å². The van der Waals surface area contributed by atoms with Crippen molar-refractivity contribution in [1.29, 1.82) is 0 Å². The lowest BCUT2D eigenvalue weighted by molar-refractivity contribution is -0.135. The predicted molar refractivity (Wildman–Crippen MR) is 96.4 cm³/mol. The molecule has 2 amide bonds. The van der Waals surface area contributed by atoms with Crippen LogP contribution in [-0.2, 0) is 16.6 Å². The number of rotatable bonds is 3. The van der Waals surface area contributed by atoms with E-state index in [4.69, 9.17) is 11.6 Å². The summed E-state index contributed by atoms with van der Waals surface area (Å²) >= 11 is 6.00. The van der Waals surface area contributed by atoms with Crippen molar-refractivity contribution in [2.75, 3.05) is 18.4 Å². The van der Waals surface area contributed by atoms with Crippen molar-refractivity contribution in [3.05, 3.63) is 23.2 Å². The maximum atomic E-state index is 12.6. The van der Waals surface area contributed by atoms with Crippen LogP contribution in [0, 0.1) is 11.8 Å². The minimum atomic E-state index is -0.0772. The fraction of sp³-hybridized carbons (Fsp3) is 0.500. The van der Waals surface area contributed by atoms with Gasteiger partial charge in [0.2, 0.25) is 17.8 Å².